The van der Waals surface area contributed by atoms with Crippen LogP contribution in [0.1, 0.15) is 94.9 Å². The second-order valence-corrected chi connectivity index (χ2v) is 11.9. The van der Waals surface area contributed by atoms with Gasteiger partial charge in [0.2, 0.25) is 0 Å². The highest BCUT2D eigenvalue weighted by atomic mass is 16.3. The van der Waals surface area contributed by atoms with Crippen LogP contribution in [0.25, 0.3) is 0 Å². The van der Waals surface area contributed by atoms with Crippen LogP contribution in [0.15, 0.2) is 142 Å². The van der Waals surface area contributed by atoms with Crippen LogP contribution in [0, 0.1) is 0 Å². The molecule has 2 unspecified atom stereocenters. The van der Waals surface area contributed by atoms with Crippen molar-refractivity contribution in [3.8, 4) is 0 Å². The van der Waals surface area contributed by atoms with Gasteiger partial charge in [0.25, 0.3) is 0 Å². The van der Waals surface area contributed by atoms with Crippen molar-refractivity contribution in [2.24, 2.45) is 0 Å². The number of hydrogen-bond donors (Lipinski definition) is 2. The van der Waals surface area contributed by atoms with E-state index in [2.05, 4.69) is 102 Å². The van der Waals surface area contributed by atoms with Crippen LogP contribution in [-0.2, 0) is 0 Å². The quantitative estimate of drug-likeness (QED) is 0.135. The molecule has 2 atom stereocenters. The van der Waals surface area contributed by atoms with Crippen LogP contribution in [0.3, 0.4) is 0 Å². The van der Waals surface area contributed by atoms with Gasteiger partial charge in [-0.15, -0.1) is 0 Å². The lowest BCUT2D eigenvalue weighted by Crippen LogP contribution is -2.37. The van der Waals surface area contributed by atoms with Gasteiger partial charge in [0.1, 0.15) is 6.10 Å². The molecule has 2 N–H and O–H groups in total. The maximum Gasteiger partial charge on any atom is 0.101 e. The van der Waals surface area contributed by atoms with Crippen molar-refractivity contribution < 1.29 is 10.2 Å². The van der Waals surface area contributed by atoms with Gasteiger partial charge in [-0.1, -0.05) is 142 Å². The first-order valence-electron chi connectivity index (χ1n) is 15.1. The molecule has 0 aliphatic heterocycles. The van der Waals surface area contributed by atoms with E-state index in [1.807, 2.05) is 57.2 Å². The zero-order valence-corrected chi connectivity index (χ0v) is 28.1. The molecule has 0 aromatic heterocycles. The zero-order chi connectivity index (χ0) is 32.0. The van der Waals surface area contributed by atoms with Gasteiger partial charge in [0, 0.05) is 0 Å². The van der Waals surface area contributed by atoms with E-state index in [4.69, 9.17) is 0 Å². The Morgan fingerprint density at radius 3 is 1.45 bits per heavy atom. The lowest BCUT2D eigenvalue weighted by atomic mass is 9.92. The molecule has 2 nitrogen and oxygen atoms in total. The Labute approximate surface area is 258 Å². The van der Waals surface area contributed by atoms with E-state index in [1.54, 1.807) is 13.0 Å². The van der Waals surface area contributed by atoms with Crippen molar-refractivity contribution >= 4 is 0 Å². The van der Waals surface area contributed by atoms with Crippen LogP contribution in [-0.4, -0.2) is 21.9 Å². The normalized spacial score (nSPS) is 16.8. The van der Waals surface area contributed by atoms with Crippen LogP contribution < -0.4 is 0 Å². The fourth-order valence-electron chi connectivity index (χ4n) is 3.63. The highest BCUT2D eigenvalue weighted by Gasteiger charge is 2.27. The number of aliphatic hydroxyl groups is 2. The van der Waals surface area contributed by atoms with E-state index < -0.39 is 11.7 Å². The number of rotatable bonds is 17. The van der Waals surface area contributed by atoms with Gasteiger partial charge in [-0.3, -0.25) is 0 Å². The van der Waals surface area contributed by atoms with E-state index >= 15 is 0 Å². The smallest absolute Gasteiger partial charge is 0.101 e. The Balaban J connectivity index is 4.81. The van der Waals surface area contributed by atoms with Gasteiger partial charge >= 0.3 is 0 Å². The molecule has 0 spiro atoms. The molecule has 0 fully saturated rings. The first kappa shape index (κ1) is 38.8. The molecule has 0 aromatic rings. The molecule has 0 saturated heterocycles. The SMILES string of the molecule is CC(C)=CCC/C(C)=C/C=C/C(C)=C/C=C/C(C)=C/C=C\C=C(C)\C=C\C=C(C)\C=C\C(O)C(C)(O)CCC=C(C)C. The van der Waals surface area contributed by atoms with Gasteiger partial charge in [-0.25, -0.2) is 0 Å². The lowest BCUT2D eigenvalue weighted by Gasteiger charge is -2.26. The third-order valence-corrected chi connectivity index (χ3v) is 6.48. The fourth-order valence-corrected chi connectivity index (χ4v) is 3.63. The monoisotopic (exact) mass is 570 g/mol. The van der Waals surface area contributed by atoms with E-state index in [-0.39, 0.29) is 0 Å². The molecular formula is C40H58O2. The first-order chi connectivity index (χ1) is 19.7. The van der Waals surface area contributed by atoms with E-state index in [0.717, 1.165) is 30.4 Å². The molecule has 0 bridgehead atoms. The van der Waals surface area contributed by atoms with Crippen LogP contribution in [0.4, 0.5) is 0 Å². The molecule has 0 aliphatic carbocycles. The second kappa shape index (κ2) is 22.4. The third-order valence-electron chi connectivity index (χ3n) is 6.48. The van der Waals surface area contributed by atoms with Crippen LogP contribution in [0.5, 0.6) is 0 Å². The molecule has 0 radical (unpaired) electrons. The highest BCUT2D eigenvalue weighted by molar-refractivity contribution is 5.32. The minimum atomic E-state index is -1.15. The summed E-state index contributed by atoms with van der Waals surface area (Å²) in [6.07, 6.45) is 37.5. The van der Waals surface area contributed by atoms with Crippen molar-refractivity contribution in [3.63, 3.8) is 0 Å². The maximum absolute atomic E-state index is 10.5. The minimum absolute atomic E-state index is 0.513. The zero-order valence-electron chi connectivity index (χ0n) is 28.1. The Hall–Kier alpha value is -3.20. The predicted molar refractivity (Wildman–Crippen MR) is 188 cm³/mol. The number of allylic oxidation sites excluding steroid dienone is 23. The lowest BCUT2D eigenvalue weighted by molar-refractivity contribution is -0.0427. The Bertz CT molecular complexity index is 1170. The molecule has 0 aliphatic rings. The van der Waals surface area contributed by atoms with Gasteiger partial charge in [0.05, 0.1) is 5.60 Å². The maximum atomic E-state index is 10.5. The van der Waals surface area contributed by atoms with Crippen LogP contribution in [0.2, 0.25) is 0 Å². The highest BCUT2D eigenvalue weighted by Crippen LogP contribution is 2.19. The van der Waals surface area contributed by atoms with Crippen molar-refractivity contribution in [1.29, 1.82) is 0 Å². The predicted octanol–water partition coefficient (Wildman–Crippen LogP) is 11.1. The van der Waals surface area contributed by atoms with Gasteiger partial charge in [0.15, 0.2) is 0 Å². The largest absolute Gasteiger partial charge is 0.387 e. The molecular weight excluding hydrogens is 512 g/mol. The summed E-state index contributed by atoms with van der Waals surface area (Å²) in [5.74, 6) is 0. The number of aliphatic hydroxyl groups excluding tert-OH is 1. The van der Waals surface area contributed by atoms with Gasteiger partial charge < -0.3 is 10.2 Å². The molecule has 0 aromatic carbocycles. The van der Waals surface area contributed by atoms with Crippen molar-refractivity contribution in [1.82, 2.24) is 0 Å². The molecule has 230 valence electrons. The summed E-state index contributed by atoms with van der Waals surface area (Å²) < 4.78 is 0. The van der Waals surface area contributed by atoms with E-state index in [9.17, 15) is 10.2 Å². The summed E-state index contributed by atoms with van der Waals surface area (Å²) in [5.41, 5.74) is 7.37. The minimum Gasteiger partial charge on any atom is -0.387 e. The average molecular weight is 571 g/mol. The van der Waals surface area contributed by atoms with Crippen molar-refractivity contribution in [2.75, 3.05) is 0 Å². The summed E-state index contributed by atoms with van der Waals surface area (Å²) >= 11 is 0. The Kier molecular flexibility index (Phi) is 20.7. The summed E-state index contributed by atoms with van der Waals surface area (Å²) in [6.45, 7) is 20.5. The van der Waals surface area contributed by atoms with Crippen molar-refractivity contribution in [2.45, 2.75) is 107 Å². The molecule has 0 saturated carbocycles. The second-order valence-electron chi connectivity index (χ2n) is 11.9. The van der Waals surface area contributed by atoms with Gasteiger partial charge in [-0.2, -0.15) is 0 Å². The fraction of sp³-hybridized carbons (Fsp3) is 0.400. The first-order valence-corrected chi connectivity index (χ1v) is 15.1. The molecule has 0 heterocycles. The molecule has 0 amide bonds. The number of hydrogen-bond acceptors (Lipinski definition) is 2. The summed E-state index contributed by atoms with van der Waals surface area (Å²) in [7, 11) is 0. The Morgan fingerprint density at radius 1 is 0.571 bits per heavy atom. The molecule has 42 heavy (non-hydrogen) atoms. The van der Waals surface area contributed by atoms with Gasteiger partial charge in [-0.05, 0) is 94.9 Å². The van der Waals surface area contributed by atoms with E-state index in [0.29, 0.717) is 6.42 Å². The third kappa shape index (κ3) is 22.5. The molecule has 2 heteroatoms. The summed E-state index contributed by atoms with van der Waals surface area (Å²) in [5, 5.41) is 20.9. The Morgan fingerprint density at radius 2 is 0.976 bits per heavy atom. The van der Waals surface area contributed by atoms with E-state index in [1.165, 1.54) is 27.9 Å². The van der Waals surface area contributed by atoms with Crippen molar-refractivity contribution in [3.05, 3.63) is 142 Å². The summed E-state index contributed by atoms with van der Waals surface area (Å²) in [4.78, 5) is 0. The van der Waals surface area contributed by atoms with Crippen LogP contribution >= 0.6 is 0 Å². The average Bonchev–Trinajstić information content (AvgIpc) is 2.89. The standard InChI is InChI=1S/C40H58O2/c1-32(2)18-13-22-36(7)25-15-27-37(8)26-14-23-34(5)20-11-12-21-35(6)24-16-28-38(9)29-30-39(41)40(10,42)31-17-19-33(3)4/h11-12,14-16,18-21,23-30,39,41-42H,13,17,22,31H2,1-10H3/b12-11-,23-14+,24-16+,27-15+,30-29+,34-20+,35-21+,36-25+,37-26+,38-28+. The topological polar surface area (TPSA) is 40.5 Å². The summed E-state index contributed by atoms with van der Waals surface area (Å²) in [6, 6.07) is 0. The molecule has 0 rings (SSSR count).